The fourth-order valence-corrected chi connectivity index (χ4v) is 2.07. The molecule has 0 atom stereocenters. The number of rotatable bonds is 1. The molecule has 2 aromatic carbocycles. The van der Waals surface area contributed by atoms with Gasteiger partial charge in [0, 0.05) is 17.2 Å². The van der Waals surface area contributed by atoms with E-state index in [1.54, 1.807) is 12.1 Å². The zero-order chi connectivity index (χ0) is 14.1. The lowest BCUT2D eigenvalue weighted by atomic mass is 10.1. The topological polar surface area (TPSA) is 76.2 Å². The van der Waals surface area contributed by atoms with E-state index in [0.29, 0.717) is 17.1 Å². The molecule has 20 heavy (non-hydrogen) atoms. The number of nitriles is 1. The van der Waals surface area contributed by atoms with Crippen LogP contribution in [0.1, 0.15) is 16.7 Å². The summed E-state index contributed by atoms with van der Waals surface area (Å²) in [7, 11) is 0. The summed E-state index contributed by atoms with van der Waals surface area (Å²) in [6.07, 6.45) is 3.57. The molecule has 0 radical (unpaired) electrons. The number of benzene rings is 2. The summed E-state index contributed by atoms with van der Waals surface area (Å²) in [6.45, 7) is 0. The van der Waals surface area contributed by atoms with Gasteiger partial charge < -0.3 is 4.74 Å². The van der Waals surface area contributed by atoms with E-state index < -0.39 is 4.92 Å². The first-order chi connectivity index (χ1) is 9.69. The third-order valence-electron chi connectivity index (χ3n) is 3.03. The highest BCUT2D eigenvalue weighted by Crippen LogP contribution is 2.37. The first-order valence-corrected chi connectivity index (χ1v) is 5.86. The van der Waals surface area contributed by atoms with Crippen LogP contribution in [0.3, 0.4) is 0 Å². The molecule has 1 heterocycles. The van der Waals surface area contributed by atoms with Crippen molar-refractivity contribution in [3.8, 4) is 17.6 Å². The quantitative estimate of drug-likeness (QED) is 0.495. The summed E-state index contributed by atoms with van der Waals surface area (Å²) in [5.74, 6) is 0.920. The number of non-ortho nitro benzene ring substituents is 1. The van der Waals surface area contributed by atoms with Crippen molar-refractivity contribution in [3.05, 3.63) is 63.2 Å². The van der Waals surface area contributed by atoms with Crippen molar-refractivity contribution in [1.82, 2.24) is 0 Å². The number of nitro groups is 1. The highest BCUT2D eigenvalue weighted by Gasteiger charge is 2.19. The Kier molecular flexibility index (Phi) is 2.70. The monoisotopic (exact) mass is 264 g/mol. The van der Waals surface area contributed by atoms with Gasteiger partial charge in [-0.25, -0.2) is 0 Å². The van der Waals surface area contributed by atoms with Gasteiger partial charge in [0.15, 0.2) is 0 Å². The largest absolute Gasteiger partial charge is 0.456 e. The van der Waals surface area contributed by atoms with E-state index in [1.807, 2.05) is 30.3 Å². The Morgan fingerprint density at radius 3 is 2.70 bits per heavy atom. The third-order valence-corrected chi connectivity index (χ3v) is 3.03. The molecule has 0 unspecified atom stereocenters. The van der Waals surface area contributed by atoms with Crippen molar-refractivity contribution in [2.45, 2.75) is 0 Å². The molecule has 0 spiro atoms. The molecular formula is C15H8N2O3. The van der Waals surface area contributed by atoms with E-state index in [1.165, 1.54) is 12.1 Å². The molecule has 0 aliphatic carbocycles. The van der Waals surface area contributed by atoms with Gasteiger partial charge in [0.05, 0.1) is 16.6 Å². The van der Waals surface area contributed by atoms with Crippen molar-refractivity contribution < 1.29 is 9.66 Å². The van der Waals surface area contributed by atoms with Crippen molar-refractivity contribution >= 4 is 17.8 Å². The smallest absolute Gasteiger partial charge is 0.274 e. The fraction of sp³-hybridized carbons (Fsp3) is 0. The van der Waals surface area contributed by atoms with E-state index >= 15 is 0 Å². The molecule has 0 saturated carbocycles. The fourth-order valence-electron chi connectivity index (χ4n) is 2.07. The second kappa shape index (κ2) is 4.52. The third kappa shape index (κ3) is 1.89. The van der Waals surface area contributed by atoms with Gasteiger partial charge in [0.25, 0.3) is 5.69 Å². The van der Waals surface area contributed by atoms with Crippen LogP contribution in [0.5, 0.6) is 11.5 Å². The summed E-state index contributed by atoms with van der Waals surface area (Å²) < 4.78 is 5.72. The Morgan fingerprint density at radius 1 is 1.15 bits per heavy atom. The number of nitro benzene ring substituents is 1. The van der Waals surface area contributed by atoms with Gasteiger partial charge in [-0.15, -0.1) is 0 Å². The molecule has 1 aliphatic heterocycles. The van der Waals surface area contributed by atoms with Gasteiger partial charge in [-0.05, 0) is 12.1 Å². The molecule has 0 fully saturated rings. The van der Waals surface area contributed by atoms with Crippen LogP contribution < -0.4 is 4.74 Å². The van der Waals surface area contributed by atoms with Crippen LogP contribution in [0.4, 0.5) is 5.69 Å². The van der Waals surface area contributed by atoms with E-state index in [-0.39, 0.29) is 11.3 Å². The molecule has 1 aliphatic rings. The number of ether oxygens (including phenoxy) is 1. The Morgan fingerprint density at radius 2 is 1.95 bits per heavy atom. The maximum atomic E-state index is 10.9. The van der Waals surface area contributed by atoms with E-state index in [0.717, 1.165) is 5.56 Å². The molecule has 5 heteroatoms. The first kappa shape index (κ1) is 11.9. The molecule has 0 bridgehead atoms. The van der Waals surface area contributed by atoms with Gasteiger partial charge in [-0.1, -0.05) is 24.3 Å². The highest BCUT2D eigenvalue weighted by atomic mass is 16.6. The molecule has 0 N–H and O–H groups in total. The van der Waals surface area contributed by atoms with Crippen molar-refractivity contribution in [3.63, 3.8) is 0 Å². The van der Waals surface area contributed by atoms with E-state index in [4.69, 9.17) is 10.00 Å². The summed E-state index contributed by atoms with van der Waals surface area (Å²) in [4.78, 5) is 10.4. The van der Waals surface area contributed by atoms with Crippen molar-refractivity contribution in [2.24, 2.45) is 0 Å². The zero-order valence-electron chi connectivity index (χ0n) is 10.2. The summed E-state index contributed by atoms with van der Waals surface area (Å²) in [5.41, 5.74) is 1.47. The maximum Gasteiger partial charge on any atom is 0.274 e. The van der Waals surface area contributed by atoms with Gasteiger partial charge in [0.1, 0.15) is 17.6 Å². The highest BCUT2D eigenvalue weighted by molar-refractivity contribution is 5.81. The summed E-state index contributed by atoms with van der Waals surface area (Å²) >= 11 is 0. The van der Waals surface area contributed by atoms with E-state index in [9.17, 15) is 10.1 Å². The Bertz CT molecular complexity index is 788. The SMILES string of the molecule is N#Cc1cc([N+](=O)[O-])cc2c1C=Cc1ccccc1O2. The molecule has 2 aromatic rings. The van der Waals surface area contributed by atoms with Gasteiger partial charge in [-0.3, -0.25) is 10.1 Å². The van der Waals surface area contributed by atoms with Crippen molar-refractivity contribution in [2.75, 3.05) is 0 Å². The standard InChI is InChI=1S/C15H8N2O3/c16-9-11-7-12(17(18)19)8-15-13(11)6-5-10-3-1-2-4-14(10)20-15/h1-8H. The van der Waals surface area contributed by atoms with Crippen LogP contribution in [0.2, 0.25) is 0 Å². The zero-order valence-corrected chi connectivity index (χ0v) is 10.2. The Balaban J connectivity index is 2.24. The lowest BCUT2D eigenvalue weighted by Crippen LogP contribution is -1.95. The van der Waals surface area contributed by atoms with Gasteiger partial charge >= 0.3 is 0 Å². The van der Waals surface area contributed by atoms with Crippen molar-refractivity contribution in [1.29, 1.82) is 5.26 Å². The number of para-hydroxylation sites is 1. The van der Waals surface area contributed by atoms with Crippen LogP contribution >= 0.6 is 0 Å². The minimum Gasteiger partial charge on any atom is -0.456 e. The Hall–Kier alpha value is -3.13. The Labute approximate surface area is 114 Å². The predicted octanol–water partition coefficient (Wildman–Crippen LogP) is 3.74. The second-order valence-electron chi connectivity index (χ2n) is 4.25. The average Bonchev–Trinajstić information content (AvgIpc) is 2.64. The molecule has 0 aromatic heterocycles. The maximum absolute atomic E-state index is 10.9. The molecule has 0 saturated heterocycles. The van der Waals surface area contributed by atoms with Crippen LogP contribution in [-0.2, 0) is 0 Å². The van der Waals surface area contributed by atoms with Gasteiger partial charge in [0.2, 0.25) is 0 Å². The summed E-state index contributed by atoms with van der Waals surface area (Å²) in [5, 5.41) is 20.1. The van der Waals surface area contributed by atoms with Gasteiger partial charge in [-0.2, -0.15) is 5.26 Å². The minimum absolute atomic E-state index is 0.159. The van der Waals surface area contributed by atoms with E-state index in [2.05, 4.69) is 0 Å². The predicted molar refractivity (Wildman–Crippen MR) is 73.3 cm³/mol. The average molecular weight is 264 g/mol. The lowest BCUT2D eigenvalue weighted by Gasteiger charge is -2.09. The van der Waals surface area contributed by atoms with Crippen LogP contribution in [0.25, 0.3) is 12.2 Å². The molecule has 5 nitrogen and oxygen atoms in total. The molecule has 0 amide bonds. The summed E-state index contributed by atoms with van der Waals surface area (Å²) in [6, 6.07) is 11.9. The van der Waals surface area contributed by atoms with Crippen LogP contribution in [0, 0.1) is 21.4 Å². The number of hydrogen-bond donors (Lipinski definition) is 0. The number of nitrogens with zero attached hydrogens (tertiary/aromatic N) is 2. The molecule has 3 rings (SSSR count). The lowest BCUT2D eigenvalue weighted by molar-refractivity contribution is -0.384. The molecule has 96 valence electrons. The van der Waals surface area contributed by atoms with Crippen LogP contribution in [0.15, 0.2) is 36.4 Å². The molecular weight excluding hydrogens is 256 g/mol. The second-order valence-corrected chi connectivity index (χ2v) is 4.25. The van der Waals surface area contributed by atoms with Crippen LogP contribution in [-0.4, -0.2) is 4.92 Å². The number of fused-ring (bicyclic) bond motifs is 2. The minimum atomic E-state index is -0.537. The normalized spacial score (nSPS) is 11.6. The number of hydrogen-bond acceptors (Lipinski definition) is 4. The first-order valence-electron chi connectivity index (χ1n) is 5.86.